The Bertz CT molecular complexity index is 357. The van der Waals surface area contributed by atoms with Gasteiger partial charge in [-0.2, -0.15) is 0 Å². The maximum absolute atomic E-state index is 12.1. The van der Waals surface area contributed by atoms with Crippen LogP contribution in [0.5, 0.6) is 0 Å². The summed E-state index contributed by atoms with van der Waals surface area (Å²) in [6.07, 6.45) is 2.08. The lowest BCUT2D eigenvalue weighted by atomic mass is 9.96. The van der Waals surface area contributed by atoms with E-state index in [-0.39, 0.29) is 30.2 Å². The maximum Gasteiger partial charge on any atom is 0.305 e. The monoisotopic (exact) mass is 270 g/mol. The number of nitrogens with zero attached hydrogens (tertiary/aromatic N) is 1. The third kappa shape index (κ3) is 4.89. The second-order valence-electron chi connectivity index (χ2n) is 5.02. The van der Waals surface area contributed by atoms with Gasteiger partial charge in [0.25, 0.3) is 0 Å². The first-order chi connectivity index (χ1) is 8.93. The Morgan fingerprint density at radius 1 is 1.42 bits per heavy atom. The van der Waals surface area contributed by atoms with Gasteiger partial charge >= 0.3 is 5.97 Å². The summed E-state index contributed by atoms with van der Waals surface area (Å²) in [4.78, 5) is 35.7. The fourth-order valence-electron chi connectivity index (χ4n) is 2.30. The number of carbonyl (C=O) groups excluding carboxylic acids is 2. The predicted octanol–water partition coefficient (Wildman–Crippen LogP) is 0.614. The minimum atomic E-state index is -0.916. The van der Waals surface area contributed by atoms with E-state index in [1.165, 1.54) is 6.92 Å². The fraction of sp³-hybridized carbons (Fsp3) is 0.769. The van der Waals surface area contributed by atoms with Crippen molar-refractivity contribution in [3.05, 3.63) is 0 Å². The second-order valence-corrected chi connectivity index (χ2v) is 5.02. The van der Waals surface area contributed by atoms with Crippen LogP contribution < -0.4 is 5.32 Å². The number of amides is 2. The first kappa shape index (κ1) is 15.5. The molecule has 2 unspecified atom stereocenters. The van der Waals surface area contributed by atoms with Gasteiger partial charge in [-0.1, -0.05) is 6.92 Å². The van der Waals surface area contributed by atoms with Gasteiger partial charge in [-0.15, -0.1) is 0 Å². The molecule has 108 valence electrons. The summed E-state index contributed by atoms with van der Waals surface area (Å²) < 4.78 is 0. The molecule has 1 heterocycles. The highest BCUT2D eigenvalue weighted by atomic mass is 16.4. The van der Waals surface area contributed by atoms with E-state index in [4.69, 9.17) is 5.11 Å². The molecule has 2 N–H and O–H groups in total. The highest BCUT2D eigenvalue weighted by Crippen LogP contribution is 2.17. The number of rotatable bonds is 5. The quantitative estimate of drug-likeness (QED) is 0.766. The van der Waals surface area contributed by atoms with Crippen LogP contribution in [-0.2, 0) is 14.4 Å². The van der Waals surface area contributed by atoms with E-state index in [1.54, 1.807) is 4.90 Å². The van der Waals surface area contributed by atoms with Crippen molar-refractivity contribution in [2.24, 2.45) is 5.92 Å². The van der Waals surface area contributed by atoms with Gasteiger partial charge in [0, 0.05) is 26.1 Å². The molecule has 6 nitrogen and oxygen atoms in total. The number of hydrogen-bond donors (Lipinski definition) is 2. The van der Waals surface area contributed by atoms with Crippen LogP contribution in [-0.4, -0.2) is 46.9 Å². The highest BCUT2D eigenvalue weighted by molar-refractivity contribution is 5.81. The van der Waals surface area contributed by atoms with E-state index in [0.717, 1.165) is 12.8 Å². The Morgan fingerprint density at radius 3 is 2.63 bits per heavy atom. The zero-order valence-corrected chi connectivity index (χ0v) is 11.5. The van der Waals surface area contributed by atoms with E-state index in [0.29, 0.717) is 19.5 Å². The van der Waals surface area contributed by atoms with Crippen molar-refractivity contribution in [1.29, 1.82) is 0 Å². The van der Waals surface area contributed by atoms with Crippen LogP contribution in [0.3, 0.4) is 0 Å². The molecule has 19 heavy (non-hydrogen) atoms. The second kappa shape index (κ2) is 7.11. The van der Waals surface area contributed by atoms with E-state index in [1.807, 2.05) is 6.92 Å². The number of aliphatic carboxylic acids is 1. The van der Waals surface area contributed by atoms with Crippen LogP contribution in [0.1, 0.15) is 39.5 Å². The Labute approximate surface area is 113 Å². The Kier molecular flexibility index (Phi) is 5.79. The molecule has 0 bridgehead atoms. The molecule has 0 aliphatic carbocycles. The largest absolute Gasteiger partial charge is 0.481 e. The van der Waals surface area contributed by atoms with Gasteiger partial charge in [0.15, 0.2) is 0 Å². The van der Waals surface area contributed by atoms with Gasteiger partial charge < -0.3 is 15.3 Å². The molecule has 1 saturated heterocycles. The summed E-state index contributed by atoms with van der Waals surface area (Å²) in [5.74, 6) is -1.30. The van der Waals surface area contributed by atoms with Crippen LogP contribution in [0.15, 0.2) is 0 Å². The molecule has 1 fully saturated rings. The van der Waals surface area contributed by atoms with Crippen molar-refractivity contribution in [3.63, 3.8) is 0 Å². The van der Waals surface area contributed by atoms with Gasteiger partial charge in [0.1, 0.15) is 0 Å². The minimum absolute atomic E-state index is 0.0184. The lowest BCUT2D eigenvalue weighted by Gasteiger charge is -2.32. The van der Waals surface area contributed by atoms with Crippen molar-refractivity contribution in [1.82, 2.24) is 10.2 Å². The van der Waals surface area contributed by atoms with E-state index in [2.05, 4.69) is 5.32 Å². The first-order valence-corrected chi connectivity index (χ1v) is 6.71. The zero-order valence-electron chi connectivity index (χ0n) is 11.5. The molecule has 2 atom stereocenters. The van der Waals surface area contributed by atoms with Gasteiger partial charge in [0.05, 0.1) is 12.3 Å². The molecule has 0 aromatic rings. The van der Waals surface area contributed by atoms with E-state index in [9.17, 15) is 14.4 Å². The van der Waals surface area contributed by atoms with Crippen LogP contribution >= 0.6 is 0 Å². The standard InChI is InChI=1S/C13H22N2O4/c1-3-11(7-12(17)18)14-13(19)10-5-4-6-15(8-10)9(2)16/h10-11H,3-8H2,1-2H3,(H,14,19)(H,17,18). The Hall–Kier alpha value is -1.59. The summed E-state index contributed by atoms with van der Waals surface area (Å²) in [5.41, 5.74) is 0. The molecule has 1 aliphatic heterocycles. The first-order valence-electron chi connectivity index (χ1n) is 6.71. The van der Waals surface area contributed by atoms with Crippen molar-refractivity contribution >= 4 is 17.8 Å². The molecule has 0 saturated carbocycles. The molecule has 0 aromatic heterocycles. The van der Waals surface area contributed by atoms with Crippen LogP contribution in [0.25, 0.3) is 0 Å². The van der Waals surface area contributed by atoms with Gasteiger partial charge in [-0.3, -0.25) is 14.4 Å². The molecular weight excluding hydrogens is 248 g/mol. The van der Waals surface area contributed by atoms with Crippen molar-refractivity contribution < 1.29 is 19.5 Å². The summed E-state index contributed by atoms with van der Waals surface area (Å²) in [5, 5.41) is 11.5. The molecule has 0 radical (unpaired) electrons. The smallest absolute Gasteiger partial charge is 0.305 e. The summed E-state index contributed by atoms with van der Waals surface area (Å²) in [6, 6.07) is -0.335. The van der Waals surface area contributed by atoms with Crippen molar-refractivity contribution in [2.45, 2.75) is 45.6 Å². The third-order valence-electron chi connectivity index (χ3n) is 3.50. The number of nitrogens with one attached hydrogen (secondary N) is 1. The van der Waals surface area contributed by atoms with E-state index < -0.39 is 5.97 Å². The lowest BCUT2D eigenvalue weighted by Crippen LogP contribution is -2.47. The van der Waals surface area contributed by atoms with Crippen LogP contribution in [0.4, 0.5) is 0 Å². The molecule has 2 amide bonds. The minimum Gasteiger partial charge on any atom is -0.481 e. The van der Waals surface area contributed by atoms with Crippen molar-refractivity contribution in [3.8, 4) is 0 Å². The molecule has 1 rings (SSSR count). The predicted molar refractivity (Wildman–Crippen MR) is 69.5 cm³/mol. The third-order valence-corrected chi connectivity index (χ3v) is 3.50. The summed E-state index contributed by atoms with van der Waals surface area (Å²) in [7, 11) is 0. The number of carboxylic acid groups (broad SMARTS) is 1. The Morgan fingerprint density at radius 2 is 2.11 bits per heavy atom. The topological polar surface area (TPSA) is 86.7 Å². The molecular formula is C13H22N2O4. The highest BCUT2D eigenvalue weighted by Gasteiger charge is 2.28. The number of carbonyl (C=O) groups is 3. The number of piperidine rings is 1. The number of hydrogen-bond acceptors (Lipinski definition) is 3. The average molecular weight is 270 g/mol. The maximum atomic E-state index is 12.1. The van der Waals surface area contributed by atoms with Crippen LogP contribution in [0, 0.1) is 5.92 Å². The molecule has 6 heteroatoms. The summed E-state index contributed by atoms with van der Waals surface area (Å²) >= 11 is 0. The van der Waals surface area contributed by atoms with E-state index >= 15 is 0 Å². The van der Waals surface area contributed by atoms with Crippen LogP contribution in [0.2, 0.25) is 0 Å². The zero-order chi connectivity index (χ0) is 14.4. The molecule has 1 aliphatic rings. The number of likely N-dealkylation sites (tertiary alicyclic amines) is 1. The number of carboxylic acids is 1. The fourth-order valence-corrected chi connectivity index (χ4v) is 2.30. The van der Waals surface area contributed by atoms with Gasteiger partial charge in [-0.25, -0.2) is 0 Å². The molecule has 0 aromatic carbocycles. The molecule has 0 spiro atoms. The SMILES string of the molecule is CCC(CC(=O)O)NC(=O)C1CCCN(C(C)=O)C1. The van der Waals surface area contributed by atoms with Gasteiger partial charge in [-0.05, 0) is 19.3 Å². The lowest BCUT2D eigenvalue weighted by molar-refractivity contribution is -0.138. The summed E-state index contributed by atoms with van der Waals surface area (Å²) in [6.45, 7) is 4.48. The Balaban J connectivity index is 2.52. The normalized spacial score (nSPS) is 20.7. The van der Waals surface area contributed by atoms with Gasteiger partial charge in [0.2, 0.25) is 11.8 Å². The average Bonchev–Trinajstić information content (AvgIpc) is 2.37. The van der Waals surface area contributed by atoms with Crippen molar-refractivity contribution in [2.75, 3.05) is 13.1 Å².